The molecule has 0 radical (unpaired) electrons. The molecule has 5 rings (SSSR count). The summed E-state index contributed by atoms with van der Waals surface area (Å²) < 4.78 is 28.4. The monoisotopic (exact) mass is 545 g/mol. The molecule has 0 aliphatic carbocycles. The summed E-state index contributed by atoms with van der Waals surface area (Å²) in [5, 5.41) is 0. The minimum absolute atomic E-state index is 0.0474. The van der Waals surface area contributed by atoms with E-state index in [2.05, 4.69) is 0 Å². The number of nitrogens with zero attached hydrogens (tertiary/aromatic N) is 3. The van der Waals surface area contributed by atoms with Gasteiger partial charge in [0.25, 0.3) is 23.6 Å². The fraction of sp³-hybridized carbons (Fsp3) is 0.241. The van der Waals surface area contributed by atoms with Crippen LogP contribution in [0.15, 0.2) is 77.7 Å². The van der Waals surface area contributed by atoms with Crippen LogP contribution in [0.5, 0.6) is 0 Å². The van der Waals surface area contributed by atoms with Gasteiger partial charge in [0.15, 0.2) is 0 Å². The molecule has 0 saturated heterocycles. The van der Waals surface area contributed by atoms with Crippen molar-refractivity contribution in [3.05, 3.63) is 101 Å². The first kappa shape index (κ1) is 26.5. The van der Waals surface area contributed by atoms with Crippen LogP contribution in [0.1, 0.15) is 59.8 Å². The molecule has 2 aliphatic rings. The van der Waals surface area contributed by atoms with Crippen molar-refractivity contribution in [3.8, 4) is 0 Å². The van der Waals surface area contributed by atoms with Crippen molar-refractivity contribution < 1.29 is 27.6 Å². The van der Waals surface area contributed by atoms with E-state index in [9.17, 15) is 27.6 Å². The molecular formula is C29H27N3O6S. The highest BCUT2D eigenvalue weighted by atomic mass is 32.2. The quantitative estimate of drug-likeness (QED) is 0.361. The summed E-state index contributed by atoms with van der Waals surface area (Å²) >= 11 is 0. The van der Waals surface area contributed by atoms with Gasteiger partial charge in [-0.05, 0) is 56.2 Å². The molecule has 10 heteroatoms. The van der Waals surface area contributed by atoms with E-state index in [0.717, 1.165) is 15.4 Å². The van der Waals surface area contributed by atoms with Gasteiger partial charge in [0.05, 0.1) is 27.1 Å². The second-order valence-electron chi connectivity index (χ2n) is 9.54. The molecule has 0 N–H and O–H groups in total. The lowest BCUT2D eigenvalue weighted by Gasteiger charge is -2.24. The second-order valence-corrected chi connectivity index (χ2v) is 11.5. The second kappa shape index (κ2) is 10.5. The third kappa shape index (κ3) is 4.88. The molecule has 0 aromatic heterocycles. The average Bonchev–Trinajstić information content (AvgIpc) is 3.33. The van der Waals surface area contributed by atoms with E-state index in [1.807, 2.05) is 6.92 Å². The van der Waals surface area contributed by atoms with Crippen molar-refractivity contribution >= 4 is 33.7 Å². The van der Waals surface area contributed by atoms with Crippen molar-refractivity contribution in [2.75, 3.05) is 26.2 Å². The Kier molecular flexibility index (Phi) is 7.16. The third-order valence-electron chi connectivity index (χ3n) is 6.99. The summed E-state index contributed by atoms with van der Waals surface area (Å²) in [6, 6.07) is 19.7. The summed E-state index contributed by atoms with van der Waals surface area (Å²) in [5.41, 5.74) is 2.28. The number of benzene rings is 3. The standard InChI is InChI=1S/C29H27N3O6S/c1-20-12-14-21(15-13-20)39(37,38)30(16-6-18-31-26(33)22-8-2-3-9-23(22)27(31)34)17-7-19-32-28(35)24-10-4-5-11-25(24)29(32)36/h2-5,8-15H,6-7,16-19H2,1H3. The SMILES string of the molecule is Cc1ccc(S(=O)(=O)N(CCCN2C(=O)c3ccccc3C2=O)CCCN2C(=O)c3ccccc3C2=O)cc1. The van der Waals surface area contributed by atoms with Crippen molar-refractivity contribution in [1.29, 1.82) is 0 Å². The Bertz CT molecular complexity index is 1430. The zero-order valence-electron chi connectivity index (χ0n) is 21.4. The Morgan fingerprint density at radius 3 is 1.31 bits per heavy atom. The molecule has 39 heavy (non-hydrogen) atoms. The average molecular weight is 546 g/mol. The van der Waals surface area contributed by atoms with Crippen LogP contribution in [0.4, 0.5) is 0 Å². The van der Waals surface area contributed by atoms with E-state index in [1.54, 1.807) is 60.7 Å². The Hall–Kier alpha value is -4.15. The Balaban J connectivity index is 1.28. The lowest BCUT2D eigenvalue weighted by Crippen LogP contribution is -2.38. The van der Waals surface area contributed by atoms with E-state index in [0.29, 0.717) is 22.3 Å². The highest BCUT2D eigenvalue weighted by molar-refractivity contribution is 7.89. The van der Waals surface area contributed by atoms with Crippen LogP contribution in [0, 0.1) is 6.92 Å². The first-order valence-electron chi connectivity index (χ1n) is 12.7. The van der Waals surface area contributed by atoms with Gasteiger partial charge in [-0.1, -0.05) is 42.0 Å². The van der Waals surface area contributed by atoms with Crippen molar-refractivity contribution in [2.45, 2.75) is 24.7 Å². The van der Waals surface area contributed by atoms with Gasteiger partial charge in [0.2, 0.25) is 10.0 Å². The Morgan fingerprint density at radius 1 is 0.590 bits per heavy atom. The predicted molar refractivity (Wildman–Crippen MR) is 143 cm³/mol. The minimum atomic E-state index is -3.91. The van der Waals surface area contributed by atoms with E-state index in [1.165, 1.54) is 16.4 Å². The van der Waals surface area contributed by atoms with Gasteiger partial charge < -0.3 is 0 Å². The van der Waals surface area contributed by atoms with E-state index < -0.39 is 33.7 Å². The van der Waals surface area contributed by atoms with Gasteiger partial charge in [-0.15, -0.1) is 0 Å². The number of rotatable bonds is 10. The fourth-order valence-electron chi connectivity index (χ4n) is 4.91. The Morgan fingerprint density at radius 2 is 0.949 bits per heavy atom. The van der Waals surface area contributed by atoms with E-state index >= 15 is 0 Å². The zero-order chi connectivity index (χ0) is 27.7. The normalized spacial score (nSPS) is 14.9. The maximum atomic E-state index is 13.5. The van der Waals surface area contributed by atoms with Crippen LogP contribution in [0.2, 0.25) is 0 Å². The number of hydrogen-bond donors (Lipinski definition) is 0. The number of aryl methyl sites for hydroxylation is 1. The van der Waals surface area contributed by atoms with Gasteiger partial charge >= 0.3 is 0 Å². The van der Waals surface area contributed by atoms with Crippen molar-refractivity contribution in [1.82, 2.24) is 14.1 Å². The van der Waals surface area contributed by atoms with Crippen LogP contribution in [0.3, 0.4) is 0 Å². The molecule has 0 fully saturated rings. The van der Waals surface area contributed by atoms with Gasteiger partial charge in [-0.3, -0.25) is 29.0 Å². The first-order valence-corrected chi connectivity index (χ1v) is 14.1. The molecule has 9 nitrogen and oxygen atoms in total. The number of carbonyl (C=O) groups excluding carboxylic acids is 4. The lowest BCUT2D eigenvalue weighted by molar-refractivity contribution is 0.0640. The molecule has 0 unspecified atom stereocenters. The largest absolute Gasteiger partial charge is 0.274 e. The van der Waals surface area contributed by atoms with E-state index in [-0.39, 0.29) is 43.9 Å². The smallest absolute Gasteiger partial charge is 0.261 e. The summed E-state index contributed by atoms with van der Waals surface area (Å²) in [6.45, 7) is 2.07. The molecular weight excluding hydrogens is 518 g/mol. The first-order chi connectivity index (χ1) is 18.7. The molecule has 3 aromatic carbocycles. The highest BCUT2D eigenvalue weighted by Gasteiger charge is 2.36. The summed E-state index contributed by atoms with van der Waals surface area (Å²) in [7, 11) is -3.91. The molecule has 0 bridgehead atoms. The fourth-order valence-corrected chi connectivity index (χ4v) is 6.42. The van der Waals surface area contributed by atoms with Crippen molar-refractivity contribution in [2.24, 2.45) is 0 Å². The van der Waals surface area contributed by atoms with Gasteiger partial charge in [0.1, 0.15) is 0 Å². The molecule has 2 heterocycles. The number of amides is 4. The number of carbonyl (C=O) groups is 4. The lowest BCUT2D eigenvalue weighted by atomic mass is 10.1. The number of sulfonamides is 1. The van der Waals surface area contributed by atoms with E-state index in [4.69, 9.17) is 0 Å². The highest BCUT2D eigenvalue weighted by Crippen LogP contribution is 2.25. The Labute approximate surface area is 226 Å². The van der Waals surface area contributed by atoms with Gasteiger partial charge in [0, 0.05) is 26.2 Å². The molecule has 2 aliphatic heterocycles. The van der Waals surface area contributed by atoms with Crippen LogP contribution >= 0.6 is 0 Å². The number of fused-ring (bicyclic) bond motifs is 2. The maximum Gasteiger partial charge on any atom is 0.261 e. The van der Waals surface area contributed by atoms with Crippen molar-refractivity contribution in [3.63, 3.8) is 0 Å². The molecule has 3 aromatic rings. The number of hydrogen-bond acceptors (Lipinski definition) is 6. The summed E-state index contributed by atoms with van der Waals surface area (Å²) in [5.74, 6) is -1.58. The summed E-state index contributed by atoms with van der Waals surface area (Å²) in [4.78, 5) is 53.2. The predicted octanol–water partition coefficient (Wildman–Crippen LogP) is 3.36. The van der Waals surface area contributed by atoms with Crippen LogP contribution in [-0.4, -0.2) is 72.3 Å². The van der Waals surface area contributed by atoms with Crippen LogP contribution in [-0.2, 0) is 10.0 Å². The molecule has 0 saturated carbocycles. The minimum Gasteiger partial charge on any atom is -0.274 e. The third-order valence-corrected chi connectivity index (χ3v) is 8.91. The maximum absolute atomic E-state index is 13.5. The summed E-state index contributed by atoms with van der Waals surface area (Å²) in [6.07, 6.45) is 0.452. The van der Waals surface area contributed by atoms with Crippen LogP contribution < -0.4 is 0 Å². The van der Waals surface area contributed by atoms with Crippen LogP contribution in [0.25, 0.3) is 0 Å². The molecule has 4 amide bonds. The number of imide groups is 2. The molecule has 0 spiro atoms. The van der Waals surface area contributed by atoms with Gasteiger partial charge in [-0.25, -0.2) is 8.42 Å². The molecule has 0 atom stereocenters. The topological polar surface area (TPSA) is 112 Å². The molecule has 200 valence electrons. The zero-order valence-corrected chi connectivity index (χ0v) is 22.2. The van der Waals surface area contributed by atoms with Gasteiger partial charge in [-0.2, -0.15) is 4.31 Å².